The summed E-state index contributed by atoms with van der Waals surface area (Å²) in [7, 11) is 1.44. The highest BCUT2D eigenvalue weighted by Gasteiger charge is 2.38. The minimum absolute atomic E-state index is 0.169. The molecule has 0 saturated heterocycles. The lowest BCUT2D eigenvalue weighted by Gasteiger charge is -2.10. The summed E-state index contributed by atoms with van der Waals surface area (Å²) >= 11 is 0. The Kier molecular flexibility index (Phi) is 4.11. The molecule has 2 aromatic heterocycles. The Balaban J connectivity index is 2.05. The van der Waals surface area contributed by atoms with Crippen molar-refractivity contribution in [1.82, 2.24) is 14.7 Å². The summed E-state index contributed by atoms with van der Waals surface area (Å²) < 4.78 is 48.5. The van der Waals surface area contributed by atoms with E-state index in [4.69, 9.17) is 4.74 Å². The van der Waals surface area contributed by atoms with Gasteiger partial charge in [0, 0.05) is 24.3 Å². The SMILES string of the molecule is COC(C)C(=O)n1cc(C)c2cc(-c3noc(C(F)(F)F)n3)ccc21. The van der Waals surface area contributed by atoms with Crippen molar-refractivity contribution in [3.63, 3.8) is 0 Å². The summed E-state index contributed by atoms with van der Waals surface area (Å²) in [6.45, 7) is 3.43. The predicted octanol–water partition coefficient (Wildman–Crippen LogP) is 3.69. The van der Waals surface area contributed by atoms with Crippen LogP contribution in [0.1, 0.15) is 23.2 Å². The number of aromatic nitrogens is 3. The molecule has 1 aromatic carbocycles. The Morgan fingerprint density at radius 2 is 2.08 bits per heavy atom. The molecule has 1 unspecified atom stereocenters. The van der Waals surface area contributed by atoms with Crippen LogP contribution in [0.3, 0.4) is 0 Å². The summed E-state index contributed by atoms with van der Waals surface area (Å²) in [4.78, 5) is 15.7. The number of fused-ring (bicyclic) bond motifs is 1. The van der Waals surface area contributed by atoms with E-state index in [-0.39, 0.29) is 11.7 Å². The van der Waals surface area contributed by atoms with Crippen LogP contribution in [-0.4, -0.2) is 33.8 Å². The van der Waals surface area contributed by atoms with Crippen molar-refractivity contribution in [3.8, 4) is 11.4 Å². The minimum atomic E-state index is -4.70. The summed E-state index contributed by atoms with van der Waals surface area (Å²) in [5.74, 6) is -1.81. The van der Waals surface area contributed by atoms with Gasteiger partial charge in [-0.15, -0.1) is 0 Å². The molecule has 2 heterocycles. The van der Waals surface area contributed by atoms with Crippen LogP contribution < -0.4 is 0 Å². The van der Waals surface area contributed by atoms with Crippen molar-refractivity contribution in [2.45, 2.75) is 26.1 Å². The highest BCUT2D eigenvalue weighted by molar-refractivity contribution is 5.97. The fourth-order valence-corrected chi connectivity index (χ4v) is 2.47. The third-order valence-electron chi connectivity index (χ3n) is 3.87. The molecule has 0 radical (unpaired) electrons. The molecule has 0 aliphatic carbocycles. The maximum absolute atomic E-state index is 12.6. The lowest BCUT2D eigenvalue weighted by atomic mass is 10.1. The molecule has 0 bridgehead atoms. The maximum atomic E-state index is 12.6. The van der Waals surface area contributed by atoms with E-state index in [1.807, 2.05) is 0 Å². The molecule has 0 N–H and O–H groups in total. The van der Waals surface area contributed by atoms with Crippen molar-refractivity contribution in [2.24, 2.45) is 0 Å². The number of hydrogen-bond acceptors (Lipinski definition) is 5. The molecule has 0 aliphatic rings. The van der Waals surface area contributed by atoms with E-state index >= 15 is 0 Å². The van der Waals surface area contributed by atoms with Crippen LogP contribution in [0.5, 0.6) is 0 Å². The van der Waals surface area contributed by atoms with Gasteiger partial charge in [0.1, 0.15) is 6.10 Å². The zero-order chi connectivity index (χ0) is 18.4. The average Bonchev–Trinajstić information content (AvgIpc) is 3.18. The molecular formula is C16H14F3N3O3. The van der Waals surface area contributed by atoms with Gasteiger partial charge in [0.15, 0.2) is 0 Å². The second-order valence-electron chi connectivity index (χ2n) is 5.55. The van der Waals surface area contributed by atoms with Gasteiger partial charge in [0.05, 0.1) is 5.52 Å². The van der Waals surface area contributed by atoms with E-state index in [2.05, 4.69) is 14.7 Å². The van der Waals surface area contributed by atoms with Gasteiger partial charge in [0.25, 0.3) is 5.91 Å². The quantitative estimate of drug-likeness (QED) is 0.718. The number of carbonyl (C=O) groups is 1. The number of benzene rings is 1. The van der Waals surface area contributed by atoms with Crippen molar-refractivity contribution >= 4 is 16.8 Å². The van der Waals surface area contributed by atoms with Gasteiger partial charge < -0.3 is 9.26 Å². The molecule has 0 fully saturated rings. The number of carbonyl (C=O) groups excluding carboxylic acids is 1. The van der Waals surface area contributed by atoms with Gasteiger partial charge in [-0.3, -0.25) is 9.36 Å². The smallest absolute Gasteiger partial charge is 0.372 e. The molecule has 0 amide bonds. The number of hydrogen-bond donors (Lipinski definition) is 0. The van der Waals surface area contributed by atoms with Crippen molar-refractivity contribution in [1.29, 1.82) is 0 Å². The average molecular weight is 353 g/mol. The first-order valence-electron chi connectivity index (χ1n) is 7.32. The first-order valence-corrected chi connectivity index (χ1v) is 7.32. The van der Waals surface area contributed by atoms with Crippen LogP contribution in [0.4, 0.5) is 13.2 Å². The fourth-order valence-electron chi connectivity index (χ4n) is 2.47. The number of methoxy groups -OCH3 is 1. The first-order chi connectivity index (χ1) is 11.7. The number of halogens is 3. The Morgan fingerprint density at radius 3 is 2.68 bits per heavy atom. The van der Waals surface area contributed by atoms with Crippen molar-refractivity contribution in [2.75, 3.05) is 7.11 Å². The summed E-state index contributed by atoms with van der Waals surface area (Å²) in [5, 5.41) is 4.07. The second kappa shape index (κ2) is 5.99. The number of rotatable bonds is 3. The summed E-state index contributed by atoms with van der Waals surface area (Å²) in [5.41, 5.74) is 1.77. The van der Waals surface area contributed by atoms with E-state index in [9.17, 15) is 18.0 Å². The molecule has 3 rings (SSSR count). The fraction of sp³-hybridized carbons (Fsp3) is 0.312. The van der Waals surface area contributed by atoms with E-state index in [1.165, 1.54) is 17.7 Å². The molecule has 25 heavy (non-hydrogen) atoms. The van der Waals surface area contributed by atoms with E-state index in [0.29, 0.717) is 16.5 Å². The van der Waals surface area contributed by atoms with Gasteiger partial charge in [-0.2, -0.15) is 18.2 Å². The second-order valence-corrected chi connectivity index (χ2v) is 5.55. The van der Waals surface area contributed by atoms with E-state index < -0.39 is 18.2 Å². The minimum Gasteiger partial charge on any atom is -0.372 e. The van der Waals surface area contributed by atoms with Crippen molar-refractivity contribution < 1.29 is 27.2 Å². The number of aryl methyl sites for hydroxylation is 1. The normalized spacial score (nSPS) is 13.4. The van der Waals surface area contributed by atoms with Crippen LogP contribution in [0.15, 0.2) is 28.9 Å². The van der Waals surface area contributed by atoms with Crippen LogP contribution in [0, 0.1) is 6.92 Å². The molecular weight excluding hydrogens is 339 g/mol. The summed E-state index contributed by atoms with van der Waals surface area (Å²) in [6, 6.07) is 4.78. The van der Waals surface area contributed by atoms with E-state index in [0.717, 1.165) is 5.56 Å². The van der Waals surface area contributed by atoms with Gasteiger partial charge in [-0.1, -0.05) is 5.16 Å². The molecule has 132 valence electrons. The molecule has 3 aromatic rings. The molecule has 9 heteroatoms. The Labute approximate surface area is 140 Å². The van der Waals surface area contributed by atoms with Crippen LogP contribution in [0.2, 0.25) is 0 Å². The van der Waals surface area contributed by atoms with Gasteiger partial charge >= 0.3 is 12.1 Å². The zero-order valence-corrected chi connectivity index (χ0v) is 13.6. The third kappa shape index (κ3) is 3.02. The highest BCUT2D eigenvalue weighted by atomic mass is 19.4. The lowest BCUT2D eigenvalue weighted by molar-refractivity contribution is -0.159. The van der Waals surface area contributed by atoms with Crippen LogP contribution in [0.25, 0.3) is 22.3 Å². The summed E-state index contributed by atoms with van der Waals surface area (Å²) in [6.07, 6.45) is -3.66. The number of ether oxygens (including phenoxy) is 1. The zero-order valence-electron chi connectivity index (χ0n) is 13.6. The third-order valence-corrected chi connectivity index (χ3v) is 3.87. The highest BCUT2D eigenvalue weighted by Crippen LogP contribution is 2.31. The Bertz CT molecular complexity index is 943. The topological polar surface area (TPSA) is 70.2 Å². The number of alkyl halides is 3. The van der Waals surface area contributed by atoms with Crippen molar-refractivity contribution in [3.05, 3.63) is 35.9 Å². The lowest BCUT2D eigenvalue weighted by Crippen LogP contribution is -2.24. The van der Waals surface area contributed by atoms with Gasteiger partial charge in [-0.25, -0.2) is 0 Å². The van der Waals surface area contributed by atoms with E-state index in [1.54, 1.807) is 32.2 Å². The first kappa shape index (κ1) is 17.2. The Hall–Kier alpha value is -2.68. The van der Waals surface area contributed by atoms with Gasteiger partial charge in [-0.05, 0) is 37.6 Å². The molecule has 6 nitrogen and oxygen atoms in total. The standard InChI is InChI=1S/C16H14F3N3O3/c1-8-7-22(14(23)9(2)24-3)12-5-4-10(6-11(8)12)13-20-15(25-21-13)16(17,18)19/h4-7,9H,1-3H3. The maximum Gasteiger partial charge on any atom is 0.471 e. The molecule has 1 atom stereocenters. The molecule has 0 aliphatic heterocycles. The Morgan fingerprint density at radius 1 is 1.36 bits per heavy atom. The number of nitrogens with zero attached hydrogens (tertiary/aromatic N) is 3. The monoisotopic (exact) mass is 353 g/mol. The van der Waals surface area contributed by atoms with Crippen LogP contribution in [-0.2, 0) is 10.9 Å². The predicted molar refractivity (Wildman–Crippen MR) is 82.1 cm³/mol. The largest absolute Gasteiger partial charge is 0.471 e. The van der Waals surface area contributed by atoms with Crippen LogP contribution >= 0.6 is 0 Å². The van der Waals surface area contributed by atoms with Gasteiger partial charge in [0.2, 0.25) is 5.82 Å². The molecule has 0 spiro atoms. The molecule has 0 saturated carbocycles.